The fourth-order valence-corrected chi connectivity index (χ4v) is 3.90. The number of aryl methyl sites for hydroxylation is 1. The van der Waals surface area contributed by atoms with Crippen LogP contribution in [0.4, 0.5) is 5.69 Å². The first-order chi connectivity index (χ1) is 17.6. The minimum Gasteiger partial charge on any atom is -0.457 e. The standard InChI is InChI=1S/C29H23N3O3S/c1-2-19-8-10-21(11-9-19)28-31-24-18-22(12-15-26(24)35-28)30-29(36)32-27(33)17-14-23-13-16-25(34-23)20-6-4-3-5-7-20/h3-18H,2H2,1H3,(H2,30,32,33,36)/b17-14+. The third-order valence-electron chi connectivity index (χ3n) is 5.58. The summed E-state index contributed by atoms with van der Waals surface area (Å²) < 4.78 is 11.7. The van der Waals surface area contributed by atoms with Gasteiger partial charge in [-0.25, -0.2) is 4.98 Å². The van der Waals surface area contributed by atoms with Crippen LogP contribution in [0.3, 0.4) is 0 Å². The van der Waals surface area contributed by atoms with E-state index < -0.39 is 0 Å². The minimum absolute atomic E-state index is 0.173. The van der Waals surface area contributed by atoms with E-state index in [1.165, 1.54) is 11.6 Å². The number of oxazole rings is 1. The number of nitrogens with zero attached hydrogens (tertiary/aromatic N) is 1. The van der Waals surface area contributed by atoms with Gasteiger partial charge in [0.2, 0.25) is 11.8 Å². The summed E-state index contributed by atoms with van der Waals surface area (Å²) in [7, 11) is 0. The molecule has 6 nitrogen and oxygen atoms in total. The topological polar surface area (TPSA) is 80.3 Å². The van der Waals surface area contributed by atoms with Crippen molar-refractivity contribution in [1.82, 2.24) is 10.3 Å². The van der Waals surface area contributed by atoms with Crippen LogP contribution in [0.25, 0.3) is 40.0 Å². The molecule has 5 rings (SSSR count). The normalized spacial score (nSPS) is 11.1. The van der Waals surface area contributed by atoms with Gasteiger partial charge in [0.1, 0.15) is 17.0 Å². The molecule has 2 N–H and O–H groups in total. The number of carbonyl (C=O) groups excluding carboxylic acids is 1. The molecule has 0 aliphatic carbocycles. The molecule has 2 aromatic heterocycles. The first kappa shape index (κ1) is 23.3. The number of hydrogen-bond donors (Lipinski definition) is 2. The molecule has 36 heavy (non-hydrogen) atoms. The maximum Gasteiger partial charge on any atom is 0.250 e. The Bertz CT molecular complexity index is 1550. The number of thiocarbonyl (C=S) groups is 1. The second kappa shape index (κ2) is 10.4. The van der Waals surface area contributed by atoms with Crippen molar-refractivity contribution in [2.45, 2.75) is 13.3 Å². The van der Waals surface area contributed by atoms with E-state index in [-0.39, 0.29) is 11.0 Å². The Hall–Kier alpha value is -4.49. The summed E-state index contributed by atoms with van der Waals surface area (Å²) in [6.45, 7) is 2.12. The van der Waals surface area contributed by atoms with Crippen LogP contribution in [0.1, 0.15) is 18.2 Å². The SMILES string of the molecule is CCc1ccc(-c2nc3cc(NC(=S)NC(=O)/C=C/c4ccc(-c5ccccc5)o4)ccc3o2)cc1. The van der Waals surface area contributed by atoms with Gasteiger partial charge in [-0.15, -0.1) is 0 Å². The molecule has 0 fully saturated rings. The zero-order valence-corrected chi connectivity index (χ0v) is 20.3. The molecule has 1 amide bonds. The minimum atomic E-state index is -0.370. The van der Waals surface area contributed by atoms with E-state index >= 15 is 0 Å². The summed E-state index contributed by atoms with van der Waals surface area (Å²) in [4.78, 5) is 16.9. The van der Waals surface area contributed by atoms with E-state index in [2.05, 4.69) is 34.7 Å². The van der Waals surface area contributed by atoms with Gasteiger partial charge >= 0.3 is 0 Å². The van der Waals surface area contributed by atoms with Crippen LogP contribution in [-0.2, 0) is 11.2 Å². The quantitative estimate of drug-likeness (QED) is 0.199. The van der Waals surface area contributed by atoms with E-state index in [4.69, 9.17) is 21.1 Å². The lowest BCUT2D eigenvalue weighted by molar-refractivity contribution is -0.115. The van der Waals surface area contributed by atoms with Crippen molar-refractivity contribution in [3.05, 3.63) is 102 Å². The van der Waals surface area contributed by atoms with Gasteiger partial charge in [-0.05, 0) is 72.7 Å². The largest absolute Gasteiger partial charge is 0.457 e. The van der Waals surface area contributed by atoms with E-state index in [1.807, 2.05) is 72.8 Å². The van der Waals surface area contributed by atoms with Crippen LogP contribution < -0.4 is 10.6 Å². The highest BCUT2D eigenvalue weighted by Crippen LogP contribution is 2.27. The van der Waals surface area contributed by atoms with E-state index in [0.717, 1.165) is 23.3 Å². The lowest BCUT2D eigenvalue weighted by Gasteiger charge is -2.07. The highest BCUT2D eigenvalue weighted by molar-refractivity contribution is 7.80. The van der Waals surface area contributed by atoms with Crippen molar-refractivity contribution in [3.63, 3.8) is 0 Å². The van der Waals surface area contributed by atoms with E-state index in [0.29, 0.717) is 28.4 Å². The van der Waals surface area contributed by atoms with Crippen LogP contribution in [0.15, 0.2) is 99.8 Å². The molecular weight excluding hydrogens is 470 g/mol. The molecule has 2 heterocycles. The first-order valence-electron chi connectivity index (χ1n) is 11.5. The van der Waals surface area contributed by atoms with Gasteiger partial charge in [0.05, 0.1) is 0 Å². The molecule has 178 valence electrons. The zero-order chi connectivity index (χ0) is 24.9. The number of nitrogens with one attached hydrogen (secondary N) is 2. The van der Waals surface area contributed by atoms with Gasteiger partial charge in [-0.1, -0.05) is 49.4 Å². The van der Waals surface area contributed by atoms with Crippen LogP contribution in [0.5, 0.6) is 0 Å². The Balaban J connectivity index is 1.20. The summed E-state index contributed by atoms with van der Waals surface area (Å²) >= 11 is 5.30. The van der Waals surface area contributed by atoms with E-state index in [1.54, 1.807) is 6.08 Å². The molecule has 0 saturated heterocycles. The zero-order valence-electron chi connectivity index (χ0n) is 19.5. The molecule has 0 atom stereocenters. The second-order valence-electron chi connectivity index (χ2n) is 8.10. The Labute approximate surface area is 213 Å². The number of benzene rings is 3. The molecule has 3 aromatic carbocycles. The molecule has 0 bridgehead atoms. The number of amides is 1. The second-order valence-corrected chi connectivity index (χ2v) is 8.50. The summed E-state index contributed by atoms with van der Waals surface area (Å²) in [5, 5.41) is 5.82. The van der Waals surface area contributed by atoms with Gasteiger partial charge < -0.3 is 14.2 Å². The molecule has 0 saturated carbocycles. The van der Waals surface area contributed by atoms with Crippen molar-refractivity contribution in [3.8, 4) is 22.8 Å². The molecule has 0 spiro atoms. The number of rotatable bonds is 6. The predicted octanol–water partition coefficient (Wildman–Crippen LogP) is 6.84. The fraction of sp³-hybridized carbons (Fsp3) is 0.0690. The third-order valence-corrected chi connectivity index (χ3v) is 5.78. The van der Waals surface area contributed by atoms with Crippen molar-refractivity contribution in [2.75, 3.05) is 5.32 Å². The first-order valence-corrected chi connectivity index (χ1v) is 11.9. The lowest BCUT2D eigenvalue weighted by atomic mass is 10.1. The predicted molar refractivity (Wildman–Crippen MR) is 146 cm³/mol. The van der Waals surface area contributed by atoms with Gasteiger partial charge in [0.15, 0.2) is 10.7 Å². The van der Waals surface area contributed by atoms with Crippen LogP contribution >= 0.6 is 12.2 Å². The van der Waals surface area contributed by atoms with Gasteiger partial charge in [-0.2, -0.15) is 0 Å². The average Bonchev–Trinajstić information content (AvgIpc) is 3.55. The fourth-order valence-electron chi connectivity index (χ4n) is 3.69. The molecule has 0 aliphatic rings. The van der Waals surface area contributed by atoms with Crippen molar-refractivity contribution in [1.29, 1.82) is 0 Å². The number of hydrogen-bond acceptors (Lipinski definition) is 5. The molecule has 0 radical (unpaired) electrons. The Kier molecular flexibility index (Phi) is 6.73. The number of aromatic nitrogens is 1. The van der Waals surface area contributed by atoms with Crippen molar-refractivity contribution in [2.24, 2.45) is 0 Å². The highest BCUT2D eigenvalue weighted by Gasteiger charge is 2.10. The van der Waals surface area contributed by atoms with Crippen LogP contribution in [-0.4, -0.2) is 16.0 Å². The van der Waals surface area contributed by atoms with Crippen molar-refractivity contribution < 1.29 is 13.6 Å². The molecule has 7 heteroatoms. The summed E-state index contributed by atoms with van der Waals surface area (Å²) in [5.74, 6) is 1.49. The monoisotopic (exact) mass is 493 g/mol. The average molecular weight is 494 g/mol. The maximum atomic E-state index is 12.3. The third kappa shape index (κ3) is 5.42. The Morgan fingerprint density at radius 2 is 1.75 bits per heavy atom. The van der Waals surface area contributed by atoms with Gasteiger partial charge in [0, 0.05) is 22.9 Å². The molecule has 0 aliphatic heterocycles. The molecular formula is C29H23N3O3S. The van der Waals surface area contributed by atoms with Crippen LogP contribution in [0.2, 0.25) is 0 Å². The molecule has 5 aromatic rings. The van der Waals surface area contributed by atoms with Crippen molar-refractivity contribution >= 4 is 46.1 Å². The number of fused-ring (bicyclic) bond motifs is 1. The summed E-state index contributed by atoms with van der Waals surface area (Å²) in [6, 6.07) is 27.0. The summed E-state index contributed by atoms with van der Waals surface area (Å²) in [5.41, 5.74) is 5.19. The highest BCUT2D eigenvalue weighted by atomic mass is 32.1. The summed E-state index contributed by atoms with van der Waals surface area (Å²) in [6.07, 6.45) is 3.95. The lowest BCUT2D eigenvalue weighted by Crippen LogP contribution is -2.32. The van der Waals surface area contributed by atoms with Gasteiger partial charge in [0.25, 0.3) is 0 Å². The Morgan fingerprint density at radius 1 is 0.944 bits per heavy atom. The van der Waals surface area contributed by atoms with Crippen LogP contribution in [0, 0.1) is 0 Å². The number of anilines is 1. The number of carbonyl (C=O) groups is 1. The van der Waals surface area contributed by atoms with E-state index in [9.17, 15) is 4.79 Å². The number of furan rings is 1. The Morgan fingerprint density at radius 3 is 2.53 bits per heavy atom. The maximum absolute atomic E-state index is 12.3. The smallest absolute Gasteiger partial charge is 0.250 e. The molecule has 0 unspecified atom stereocenters. The van der Waals surface area contributed by atoms with Gasteiger partial charge in [-0.3, -0.25) is 10.1 Å².